The molecule has 0 saturated carbocycles. The standard InChI is InChI=1S/C9H10NO/c1-7-6-8-9(11-7)4-3-5-10(8)2/h3-6H,1-2H3/q+1. The normalized spacial score (nSPS) is 10.7. The van der Waals surface area contributed by atoms with Crippen molar-refractivity contribution in [2.75, 3.05) is 0 Å². The molecule has 0 unspecified atom stereocenters. The average molecular weight is 148 g/mol. The van der Waals surface area contributed by atoms with Gasteiger partial charge < -0.3 is 4.42 Å². The fourth-order valence-electron chi connectivity index (χ4n) is 1.25. The van der Waals surface area contributed by atoms with E-state index in [1.165, 1.54) is 0 Å². The lowest BCUT2D eigenvalue weighted by Crippen LogP contribution is -2.26. The van der Waals surface area contributed by atoms with Crippen molar-refractivity contribution in [2.45, 2.75) is 6.92 Å². The summed E-state index contributed by atoms with van der Waals surface area (Å²) in [6.07, 6.45) is 2.01. The summed E-state index contributed by atoms with van der Waals surface area (Å²) in [6.45, 7) is 1.96. The average Bonchev–Trinajstić information content (AvgIpc) is 2.31. The summed E-state index contributed by atoms with van der Waals surface area (Å²) in [5, 5.41) is 0. The highest BCUT2D eigenvalue weighted by Crippen LogP contribution is 2.13. The Balaban J connectivity index is 2.90. The van der Waals surface area contributed by atoms with Crippen LogP contribution in [-0.4, -0.2) is 0 Å². The molecule has 2 aromatic heterocycles. The number of hydrogen-bond donors (Lipinski definition) is 0. The second-order valence-corrected chi connectivity index (χ2v) is 2.73. The van der Waals surface area contributed by atoms with Crippen LogP contribution in [0.1, 0.15) is 5.76 Å². The highest BCUT2D eigenvalue weighted by atomic mass is 16.3. The Morgan fingerprint density at radius 2 is 2.27 bits per heavy atom. The summed E-state index contributed by atoms with van der Waals surface area (Å²) in [6, 6.07) is 5.99. The van der Waals surface area contributed by atoms with Crippen molar-refractivity contribution in [1.82, 2.24) is 0 Å². The molecule has 0 bridgehead atoms. The topological polar surface area (TPSA) is 17.0 Å². The van der Waals surface area contributed by atoms with Crippen LogP contribution < -0.4 is 4.57 Å². The maximum Gasteiger partial charge on any atom is 0.251 e. The lowest BCUT2D eigenvalue weighted by molar-refractivity contribution is -0.644. The van der Waals surface area contributed by atoms with Crippen LogP contribution in [0.5, 0.6) is 0 Å². The Labute approximate surface area is 65.1 Å². The molecule has 0 aliphatic rings. The molecule has 0 aliphatic heterocycles. The van der Waals surface area contributed by atoms with Gasteiger partial charge in [0.25, 0.3) is 5.52 Å². The number of hydrogen-bond acceptors (Lipinski definition) is 1. The van der Waals surface area contributed by atoms with E-state index in [0.717, 1.165) is 16.9 Å². The predicted octanol–water partition coefficient (Wildman–Crippen LogP) is 1.57. The number of aryl methyl sites for hydroxylation is 2. The molecule has 0 radical (unpaired) electrons. The smallest absolute Gasteiger partial charge is 0.251 e. The van der Waals surface area contributed by atoms with Gasteiger partial charge in [-0.15, -0.1) is 0 Å². The first-order chi connectivity index (χ1) is 5.27. The number of rotatable bonds is 0. The molecule has 0 N–H and O–H groups in total. The molecule has 2 rings (SSSR count). The molecule has 2 heteroatoms. The number of nitrogens with zero attached hydrogens (tertiary/aromatic N) is 1. The lowest BCUT2D eigenvalue weighted by Gasteiger charge is -1.85. The summed E-state index contributed by atoms with van der Waals surface area (Å²) in [5.41, 5.74) is 2.09. The van der Waals surface area contributed by atoms with E-state index >= 15 is 0 Å². The largest absolute Gasteiger partial charge is 0.455 e. The van der Waals surface area contributed by atoms with Gasteiger partial charge in [-0.1, -0.05) is 0 Å². The zero-order valence-corrected chi connectivity index (χ0v) is 6.66. The quantitative estimate of drug-likeness (QED) is 0.518. The second-order valence-electron chi connectivity index (χ2n) is 2.73. The first-order valence-electron chi connectivity index (χ1n) is 3.62. The third-order valence-electron chi connectivity index (χ3n) is 1.80. The van der Waals surface area contributed by atoms with Gasteiger partial charge in [0.2, 0.25) is 0 Å². The summed E-state index contributed by atoms with van der Waals surface area (Å²) in [5.74, 6) is 0.960. The summed E-state index contributed by atoms with van der Waals surface area (Å²) in [4.78, 5) is 0. The third-order valence-corrected chi connectivity index (χ3v) is 1.80. The predicted molar refractivity (Wildman–Crippen MR) is 42.1 cm³/mol. The van der Waals surface area contributed by atoms with E-state index in [1.807, 2.05) is 42.9 Å². The molecule has 2 aromatic rings. The number of furan rings is 1. The molecule has 2 heterocycles. The van der Waals surface area contributed by atoms with Gasteiger partial charge in [-0.2, -0.15) is 4.57 Å². The van der Waals surface area contributed by atoms with E-state index in [1.54, 1.807) is 0 Å². The first-order valence-corrected chi connectivity index (χ1v) is 3.62. The molecule has 2 nitrogen and oxygen atoms in total. The van der Waals surface area contributed by atoms with E-state index < -0.39 is 0 Å². The zero-order chi connectivity index (χ0) is 7.84. The summed E-state index contributed by atoms with van der Waals surface area (Å²) >= 11 is 0. The van der Waals surface area contributed by atoms with Crippen LogP contribution in [0, 0.1) is 6.92 Å². The molecule has 0 aromatic carbocycles. The van der Waals surface area contributed by atoms with E-state index in [2.05, 4.69) is 0 Å². The number of fused-ring (bicyclic) bond motifs is 1. The molecule has 56 valence electrons. The Morgan fingerprint density at radius 1 is 1.45 bits per heavy atom. The summed E-state index contributed by atoms with van der Waals surface area (Å²) < 4.78 is 7.48. The van der Waals surface area contributed by atoms with Crippen LogP contribution in [-0.2, 0) is 7.05 Å². The van der Waals surface area contributed by atoms with Gasteiger partial charge in [0, 0.05) is 6.07 Å². The van der Waals surface area contributed by atoms with Crippen LogP contribution in [0.25, 0.3) is 11.1 Å². The van der Waals surface area contributed by atoms with Crippen LogP contribution >= 0.6 is 0 Å². The molecular weight excluding hydrogens is 138 g/mol. The van der Waals surface area contributed by atoms with Gasteiger partial charge in [-0.05, 0) is 13.0 Å². The maximum absolute atomic E-state index is 5.43. The molecule has 11 heavy (non-hydrogen) atoms. The number of pyridine rings is 1. The molecule has 0 aliphatic carbocycles. The minimum Gasteiger partial charge on any atom is -0.455 e. The van der Waals surface area contributed by atoms with Gasteiger partial charge in [0.05, 0.1) is 6.07 Å². The van der Waals surface area contributed by atoms with Crippen LogP contribution in [0.2, 0.25) is 0 Å². The Kier molecular flexibility index (Phi) is 1.22. The zero-order valence-electron chi connectivity index (χ0n) is 6.66. The van der Waals surface area contributed by atoms with Crippen molar-refractivity contribution in [2.24, 2.45) is 7.05 Å². The minimum absolute atomic E-state index is 0.951. The Bertz CT molecular complexity index is 389. The molecule has 0 fully saturated rings. The van der Waals surface area contributed by atoms with Gasteiger partial charge >= 0.3 is 0 Å². The molecule has 0 saturated heterocycles. The van der Waals surface area contributed by atoms with E-state index in [4.69, 9.17) is 4.42 Å². The fraction of sp³-hybridized carbons (Fsp3) is 0.222. The minimum atomic E-state index is 0.951. The van der Waals surface area contributed by atoms with E-state index in [9.17, 15) is 0 Å². The first kappa shape index (κ1) is 6.40. The van der Waals surface area contributed by atoms with Crippen LogP contribution in [0.15, 0.2) is 28.8 Å². The fourth-order valence-corrected chi connectivity index (χ4v) is 1.25. The van der Waals surface area contributed by atoms with E-state index in [-0.39, 0.29) is 0 Å². The third kappa shape index (κ3) is 0.909. The van der Waals surface area contributed by atoms with Gasteiger partial charge in [-0.3, -0.25) is 0 Å². The van der Waals surface area contributed by atoms with Gasteiger partial charge in [0.15, 0.2) is 11.8 Å². The summed E-state index contributed by atoms with van der Waals surface area (Å²) in [7, 11) is 2.01. The van der Waals surface area contributed by atoms with Crippen LogP contribution in [0.3, 0.4) is 0 Å². The van der Waals surface area contributed by atoms with Crippen molar-refractivity contribution < 1.29 is 8.98 Å². The maximum atomic E-state index is 5.43. The Morgan fingerprint density at radius 3 is 3.00 bits per heavy atom. The van der Waals surface area contributed by atoms with Gasteiger partial charge in [-0.25, -0.2) is 0 Å². The van der Waals surface area contributed by atoms with Gasteiger partial charge in [0.1, 0.15) is 12.8 Å². The highest BCUT2D eigenvalue weighted by Gasteiger charge is 2.07. The van der Waals surface area contributed by atoms with Crippen LogP contribution in [0.4, 0.5) is 0 Å². The van der Waals surface area contributed by atoms with Crippen molar-refractivity contribution >= 4 is 11.1 Å². The molecule has 0 spiro atoms. The molecule has 0 atom stereocenters. The SMILES string of the molecule is Cc1cc2c(ccc[n+]2C)o1. The Hall–Kier alpha value is -1.31. The van der Waals surface area contributed by atoms with Crippen molar-refractivity contribution in [3.8, 4) is 0 Å². The van der Waals surface area contributed by atoms with Crippen molar-refractivity contribution in [1.29, 1.82) is 0 Å². The molecule has 0 amide bonds. The molecular formula is C9H10NO+. The number of aromatic nitrogens is 1. The second kappa shape index (κ2) is 2.09. The van der Waals surface area contributed by atoms with Crippen molar-refractivity contribution in [3.05, 3.63) is 30.2 Å². The monoisotopic (exact) mass is 148 g/mol. The highest BCUT2D eigenvalue weighted by molar-refractivity contribution is 5.69. The lowest BCUT2D eigenvalue weighted by atomic mass is 10.4. The van der Waals surface area contributed by atoms with E-state index in [0.29, 0.717) is 0 Å². The van der Waals surface area contributed by atoms with Crippen molar-refractivity contribution in [3.63, 3.8) is 0 Å².